The molecule has 0 unspecified atom stereocenters. The summed E-state index contributed by atoms with van der Waals surface area (Å²) in [6.45, 7) is 2.08. The quantitative estimate of drug-likeness (QED) is 0.317. The SMILES string of the molecule is CCc1ccc(-n2c(-c3nccnc3N)nc3ccc(-c4ccc(OC(O)(O)F)nc4)nc32)cc1. The molecule has 4 aromatic heterocycles. The number of aromatic nitrogens is 6. The van der Waals surface area contributed by atoms with E-state index >= 15 is 0 Å². The summed E-state index contributed by atoms with van der Waals surface area (Å²) in [7, 11) is 0. The zero-order chi connectivity index (χ0) is 24.6. The number of nitrogens with two attached hydrogens (primary N) is 1. The fraction of sp³-hybridized carbons (Fsp3) is 0.125. The molecule has 0 fully saturated rings. The van der Waals surface area contributed by atoms with Crippen LogP contribution in [-0.4, -0.2) is 45.9 Å². The van der Waals surface area contributed by atoms with Crippen LogP contribution >= 0.6 is 0 Å². The molecule has 1 aromatic carbocycles. The van der Waals surface area contributed by atoms with E-state index in [2.05, 4.69) is 26.6 Å². The Balaban J connectivity index is 1.66. The first-order valence-corrected chi connectivity index (χ1v) is 10.7. The third-order valence-electron chi connectivity index (χ3n) is 5.31. The minimum atomic E-state index is -3.82. The van der Waals surface area contributed by atoms with Gasteiger partial charge in [0.25, 0.3) is 0 Å². The van der Waals surface area contributed by atoms with E-state index in [4.69, 9.17) is 25.9 Å². The van der Waals surface area contributed by atoms with Gasteiger partial charge in [0, 0.05) is 35.9 Å². The van der Waals surface area contributed by atoms with Crippen molar-refractivity contribution in [2.45, 2.75) is 19.6 Å². The smallest absolute Gasteiger partial charge is 0.395 e. The Kier molecular flexibility index (Phi) is 5.55. The van der Waals surface area contributed by atoms with Crippen molar-refractivity contribution in [1.29, 1.82) is 0 Å². The van der Waals surface area contributed by atoms with Crippen molar-refractivity contribution >= 4 is 17.0 Å². The number of alkyl halides is 1. The minimum absolute atomic E-state index is 0.242. The van der Waals surface area contributed by atoms with Gasteiger partial charge in [-0.2, -0.15) is 0 Å². The number of hydrogen-bond acceptors (Lipinski definition) is 9. The standard InChI is InChI=1S/C24H20FN7O3/c1-2-14-3-6-16(7-4-14)32-22-18(31-23(32)20-21(26)28-12-11-27-20)9-8-17(30-22)15-5-10-19(29-13-15)35-24(25,33)34/h3-13,33-34H,2H2,1H3,(H2,26,28). The van der Waals surface area contributed by atoms with E-state index in [0.29, 0.717) is 33.9 Å². The van der Waals surface area contributed by atoms with E-state index in [1.54, 1.807) is 18.3 Å². The Bertz CT molecular complexity index is 1500. The highest BCUT2D eigenvalue weighted by molar-refractivity contribution is 5.83. The van der Waals surface area contributed by atoms with Crippen LogP contribution in [0.4, 0.5) is 10.2 Å². The predicted octanol–water partition coefficient (Wildman–Crippen LogP) is 3.03. The third-order valence-corrected chi connectivity index (χ3v) is 5.31. The molecule has 176 valence electrons. The van der Waals surface area contributed by atoms with Gasteiger partial charge in [0.2, 0.25) is 5.88 Å². The molecule has 0 amide bonds. The number of halogens is 1. The van der Waals surface area contributed by atoms with Crippen LogP contribution in [0.3, 0.4) is 0 Å². The van der Waals surface area contributed by atoms with E-state index in [1.807, 2.05) is 34.9 Å². The van der Waals surface area contributed by atoms with E-state index in [9.17, 15) is 4.39 Å². The first-order chi connectivity index (χ1) is 16.8. The number of fused-ring (bicyclic) bond motifs is 1. The second-order valence-corrected chi connectivity index (χ2v) is 7.64. The number of rotatable bonds is 6. The van der Waals surface area contributed by atoms with Crippen LogP contribution in [-0.2, 0) is 6.42 Å². The molecule has 5 aromatic rings. The number of ether oxygens (including phenoxy) is 1. The van der Waals surface area contributed by atoms with Crippen molar-refractivity contribution in [3.63, 3.8) is 0 Å². The second-order valence-electron chi connectivity index (χ2n) is 7.64. The van der Waals surface area contributed by atoms with Crippen molar-refractivity contribution in [3.8, 4) is 34.3 Å². The summed E-state index contributed by atoms with van der Waals surface area (Å²) in [5, 5.41) is 17.5. The van der Waals surface area contributed by atoms with Crippen molar-refractivity contribution in [2.24, 2.45) is 0 Å². The first-order valence-electron chi connectivity index (χ1n) is 10.7. The lowest BCUT2D eigenvalue weighted by Gasteiger charge is -2.12. The van der Waals surface area contributed by atoms with Gasteiger partial charge in [-0.1, -0.05) is 19.1 Å². The zero-order valence-electron chi connectivity index (χ0n) is 18.5. The molecule has 0 aliphatic rings. The van der Waals surface area contributed by atoms with Crippen LogP contribution in [0.2, 0.25) is 0 Å². The monoisotopic (exact) mass is 473 g/mol. The number of aliphatic hydroxyl groups is 2. The normalized spacial score (nSPS) is 11.7. The molecule has 0 atom stereocenters. The molecular formula is C24H20FN7O3. The van der Waals surface area contributed by atoms with E-state index < -0.39 is 6.23 Å². The Morgan fingerprint density at radius 3 is 2.40 bits per heavy atom. The van der Waals surface area contributed by atoms with Gasteiger partial charge in [0.05, 0.1) is 5.69 Å². The maximum atomic E-state index is 12.9. The Morgan fingerprint density at radius 1 is 0.971 bits per heavy atom. The molecule has 0 saturated heterocycles. The highest BCUT2D eigenvalue weighted by Crippen LogP contribution is 2.31. The number of nitrogen functional groups attached to an aromatic ring is 1. The number of benzene rings is 1. The lowest BCUT2D eigenvalue weighted by atomic mass is 10.1. The molecule has 0 bridgehead atoms. The number of pyridine rings is 2. The zero-order valence-corrected chi connectivity index (χ0v) is 18.5. The molecule has 0 saturated carbocycles. The molecule has 0 spiro atoms. The van der Waals surface area contributed by atoms with Gasteiger partial charge in [-0.15, -0.1) is 4.39 Å². The van der Waals surface area contributed by atoms with Crippen molar-refractivity contribution < 1.29 is 19.3 Å². The summed E-state index contributed by atoms with van der Waals surface area (Å²) in [6.07, 6.45) is 1.53. The van der Waals surface area contributed by atoms with Gasteiger partial charge in [0.15, 0.2) is 17.3 Å². The van der Waals surface area contributed by atoms with Gasteiger partial charge in [-0.25, -0.2) is 24.9 Å². The van der Waals surface area contributed by atoms with Gasteiger partial charge >= 0.3 is 6.23 Å². The molecule has 4 heterocycles. The van der Waals surface area contributed by atoms with E-state index in [1.165, 1.54) is 24.0 Å². The summed E-state index contributed by atoms with van der Waals surface area (Å²) < 4.78 is 19.1. The average molecular weight is 473 g/mol. The van der Waals surface area contributed by atoms with Crippen LogP contribution in [0.15, 0.2) is 67.1 Å². The minimum Gasteiger partial charge on any atom is -0.395 e. The number of nitrogens with zero attached hydrogens (tertiary/aromatic N) is 6. The van der Waals surface area contributed by atoms with Gasteiger partial charge in [-0.3, -0.25) is 4.57 Å². The van der Waals surface area contributed by atoms with Crippen molar-refractivity contribution in [3.05, 3.63) is 72.7 Å². The lowest BCUT2D eigenvalue weighted by molar-refractivity contribution is -0.376. The highest BCUT2D eigenvalue weighted by Gasteiger charge is 2.25. The van der Waals surface area contributed by atoms with Crippen LogP contribution < -0.4 is 10.5 Å². The molecule has 10 nitrogen and oxygen atoms in total. The molecule has 0 radical (unpaired) electrons. The Hall–Kier alpha value is -4.48. The predicted molar refractivity (Wildman–Crippen MR) is 126 cm³/mol. The van der Waals surface area contributed by atoms with E-state index in [-0.39, 0.29) is 11.7 Å². The van der Waals surface area contributed by atoms with Crippen LogP contribution in [0.25, 0.3) is 39.6 Å². The highest BCUT2D eigenvalue weighted by atomic mass is 19.2. The summed E-state index contributed by atoms with van der Waals surface area (Å²) in [5.41, 5.74) is 10.9. The van der Waals surface area contributed by atoms with Crippen LogP contribution in [0.1, 0.15) is 12.5 Å². The number of aryl methyl sites for hydroxylation is 1. The molecule has 5 rings (SSSR count). The largest absolute Gasteiger partial charge is 0.493 e. The van der Waals surface area contributed by atoms with Gasteiger partial charge in [-0.05, 0) is 42.3 Å². The average Bonchev–Trinajstić information content (AvgIpc) is 3.22. The molecule has 0 aliphatic heterocycles. The molecular weight excluding hydrogens is 453 g/mol. The Labute approximate surface area is 198 Å². The fourth-order valence-corrected chi connectivity index (χ4v) is 3.65. The summed E-state index contributed by atoms with van der Waals surface area (Å²) in [5.74, 6) is 0.432. The molecule has 0 aliphatic carbocycles. The van der Waals surface area contributed by atoms with Gasteiger partial charge < -0.3 is 20.7 Å². The maximum absolute atomic E-state index is 12.9. The molecule has 4 N–H and O–H groups in total. The van der Waals surface area contributed by atoms with Gasteiger partial charge in [0.1, 0.15) is 11.2 Å². The summed E-state index contributed by atoms with van der Waals surface area (Å²) in [4.78, 5) is 22.0. The first kappa shape index (κ1) is 22.3. The fourth-order valence-electron chi connectivity index (χ4n) is 3.65. The van der Waals surface area contributed by atoms with Crippen molar-refractivity contribution in [1.82, 2.24) is 29.5 Å². The third kappa shape index (κ3) is 4.50. The van der Waals surface area contributed by atoms with E-state index in [0.717, 1.165) is 12.1 Å². The van der Waals surface area contributed by atoms with Crippen LogP contribution in [0.5, 0.6) is 5.88 Å². The molecule has 35 heavy (non-hydrogen) atoms. The molecule has 11 heteroatoms. The van der Waals surface area contributed by atoms with Crippen molar-refractivity contribution in [2.75, 3.05) is 5.73 Å². The lowest BCUT2D eigenvalue weighted by Crippen LogP contribution is -2.29. The number of anilines is 1. The Morgan fingerprint density at radius 2 is 1.74 bits per heavy atom. The number of imidazole rings is 1. The number of hydrogen-bond donors (Lipinski definition) is 3. The maximum Gasteiger partial charge on any atom is 0.493 e. The topological polar surface area (TPSA) is 145 Å². The summed E-state index contributed by atoms with van der Waals surface area (Å²) >= 11 is 0. The summed E-state index contributed by atoms with van der Waals surface area (Å²) in [6, 6.07) is 14.5. The van der Waals surface area contributed by atoms with Crippen LogP contribution in [0, 0.1) is 0 Å². The second kappa shape index (κ2) is 8.70.